The summed E-state index contributed by atoms with van der Waals surface area (Å²) in [6.45, 7) is 3.15. The second kappa shape index (κ2) is 11.9. The van der Waals surface area contributed by atoms with Gasteiger partial charge in [0.15, 0.2) is 0 Å². The SMILES string of the molecule is c1ncc2cc(-c3c[nH]c4nc(C5CC5CN5CCC(Oc6ncnc7ccc(-c8c[nH]c9nc(C%10CC%10)ccc89)cc67)CC5)ccc34)ccc2n1. The number of nitrogens with zero attached hydrogens (tertiary/aromatic N) is 7. The molecule has 6 aromatic heterocycles. The molecule has 1 saturated heterocycles. The van der Waals surface area contributed by atoms with Gasteiger partial charge in [-0.25, -0.2) is 29.9 Å². The van der Waals surface area contributed by atoms with Crippen LogP contribution >= 0.6 is 0 Å². The maximum absolute atomic E-state index is 6.62. The van der Waals surface area contributed by atoms with Gasteiger partial charge in [0.2, 0.25) is 5.88 Å². The third-order valence-electron chi connectivity index (χ3n) is 11.4. The van der Waals surface area contributed by atoms with Crippen molar-refractivity contribution < 1.29 is 4.74 Å². The van der Waals surface area contributed by atoms with Gasteiger partial charge in [-0.05, 0) is 97.7 Å². The molecule has 8 aromatic rings. The molecular formula is C42H37N9O. The van der Waals surface area contributed by atoms with Gasteiger partial charge in [0.1, 0.15) is 30.1 Å². The lowest BCUT2D eigenvalue weighted by Crippen LogP contribution is -2.39. The number of benzene rings is 2. The number of likely N-dealkylation sites (tertiary alicyclic amines) is 1. The fraction of sp³-hybridized carbons (Fsp3) is 0.286. The highest BCUT2D eigenvalue weighted by atomic mass is 16.5. The first kappa shape index (κ1) is 29.9. The summed E-state index contributed by atoms with van der Waals surface area (Å²) in [4.78, 5) is 37.1. The average Bonchev–Trinajstić information content (AvgIpc) is 4.10. The Balaban J connectivity index is 0.737. The van der Waals surface area contributed by atoms with E-state index in [0.29, 0.717) is 23.6 Å². The van der Waals surface area contributed by atoms with E-state index in [-0.39, 0.29) is 6.10 Å². The Morgan fingerprint density at radius 3 is 2.19 bits per heavy atom. The van der Waals surface area contributed by atoms with E-state index in [2.05, 4.69) is 108 Å². The van der Waals surface area contributed by atoms with E-state index in [0.717, 1.165) is 98.6 Å². The predicted octanol–water partition coefficient (Wildman–Crippen LogP) is 8.18. The number of H-pyrrole nitrogens is 2. The molecule has 2 N–H and O–H groups in total. The number of hydrogen-bond donors (Lipinski definition) is 2. The quantitative estimate of drug-likeness (QED) is 0.165. The van der Waals surface area contributed by atoms with E-state index in [4.69, 9.17) is 14.7 Å². The predicted molar refractivity (Wildman–Crippen MR) is 202 cm³/mol. The third kappa shape index (κ3) is 5.36. The van der Waals surface area contributed by atoms with Crippen molar-refractivity contribution in [1.29, 1.82) is 0 Å². The van der Waals surface area contributed by atoms with Gasteiger partial charge in [-0.1, -0.05) is 12.1 Å². The molecule has 52 heavy (non-hydrogen) atoms. The van der Waals surface area contributed by atoms with Crippen molar-refractivity contribution in [2.75, 3.05) is 19.6 Å². The molecule has 2 aromatic carbocycles. The number of pyridine rings is 2. The molecule has 2 saturated carbocycles. The zero-order valence-corrected chi connectivity index (χ0v) is 28.7. The molecule has 0 spiro atoms. The van der Waals surface area contributed by atoms with Gasteiger partial charge in [0, 0.05) is 88.7 Å². The summed E-state index contributed by atoms with van der Waals surface area (Å²) in [5.74, 6) is 2.45. The van der Waals surface area contributed by atoms with Crippen LogP contribution in [-0.4, -0.2) is 70.5 Å². The summed E-state index contributed by atoms with van der Waals surface area (Å²) in [7, 11) is 0. The summed E-state index contributed by atoms with van der Waals surface area (Å²) in [6.07, 6.45) is 15.0. The standard InChI is InChI=1S/C42H37N9O/c1-2-24(1)37-9-5-30-35(20-44-40(30)49-37)26-4-8-38-33(16-26)42(48-23-47-38)52-29-11-13-51(14-12-29)21-28-17-32(28)39-10-6-31-34(19-45-41(31)50-39)25-3-7-36-27(15-25)18-43-22-46-36/h3-10,15-16,18-20,22-24,28-29,32H,1-2,11-14,17,21H2,(H,44,49)(H,45,50). The van der Waals surface area contributed by atoms with Crippen molar-refractivity contribution in [2.45, 2.75) is 50.0 Å². The second-order valence-electron chi connectivity index (χ2n) is 14.9. The largest absolute Gasteiger partial charge is 0.474 e. The van der Waals surface area contributed by atoms with Crippen LogP contribution in [-0.2, 0) is 0 Å². The number of hydrogen-bond acceptors (Lipinski definition) is 8. The number of nitrogens with one attached hydrogen (secondary N) is 2. The lowest BCUT2D eigenvalue weighted by molar-refractivity contribution is 0.0953. The van der Waals surface area contributed by atoms with Crippen LogP contribution in [0.25, 0.3) is 66.1 Å². The van der Waals surface area contributed by atoms with Gasteiger partial charge < -0.3 is 19.6 Å². The molecule has 10 nitrogen and oxygen atoms in total. The molecule has 2 atom stereocenters. The Morgan fingerprint density at radius 2 is 1.40 bits per heavy atom. The van der Waals surface area contributed by atoms with Crippen LogP contribution in [0.2, 0.25) is 0 Å². The number of aromatic amines is 2. The van der Waals surface area contributed by atoms with Gasteiger partial charge in [-0.15, -0.1) is 0 Å². The Hall–Kier alpha value is -5.74. The zero-order chi connectivity index (χ0) is 34.2. The van der Waals surface area contributed by atoms with Crippen molar-refractivity contribution in [3.63, 3.8) is 0 Å². The maximum atomic E-state index is 6.62. The minimum Gasteiger partial charge on any atom is -0.474 e. The van der Waals surface area contributed by atoms with Gasteiger partial charge in [-0.2, -0.15) is 0 Å². The molecule has 2 unspecified atom stereocenters. The van der Waals surface area contributed by atoms with Crippen LogP contribution in [0, 0.1) is 5.92 Å². The van der Waals surface area contributed by atoms with Crippen LogP contribution < -0.4 is 4.74 Å². The highest BCUT2D eigenvalue weighted by molar-refractivity contribution is 5.98. The first-order valence-corrected chi connectivity index (χ1v) is 18.5. The number of aromatic nitrogens is 8. The first-order chi connectivity index (χ1) is 25.7. The van der Waals surface area contributed by atoms with Crippen molar-refractivity contribution in [3.05, 3.63) is 103 Å². The van der Waals surface area contributed by atoms with Crippen molar-refractivity contribution in [2.24, 2.45) is 5.92 Å². The fourth-order valence-electron chi connectivity index (χ4n) is 8.29. The summed E-state index contributed by atoms with van der Waals surface area (Å²) in [5.41, 5.74) is 10.7. The molecule has 3 fully saturated rings. The number of piperidine rings is 1. The number of ether oxygens (including phenoxy) is 1. The first-order valence-electron chi connectivity index (χ1n) is 18.5. The van der Waals surface area contributed by atoms with Crippen LogP contribution in [0.1, 0.15) is 55.3 Å². The van der Waals surface area contributed by atoms with Crippen molar-refractivity contribution in [1.82, 2.24) is 44.8 Å². The van der Waals surface area contributed by atoms with Gasteiger partial charge in [0.05, 0.1) is 16.4 Å². The molecule has 10 heteroatoms. The molecule has 0 bridgehead atoms. The summed E-state index contributed by atoms with van der Waals surface area (Å²) >= 11 is 0. The van der Waals surface area contributed by atoms with E-state index in [9.17, 15) is 0 Å². The third-order valence-corrected chi connectivity index (χ3v) is 11.4. The van der Waals surface area contributed by atoms with Crippen molar-refractivity contribution in [3.8, 4) is 28.1 Å². The Bertz CT molecular complexity index is 2630. The molecule has 256 valence electrons. The van der Waals surface area contributed by atoms with Crippen LogP contribution in [0.15, 0.2) is 91.9 Å². The van der Waals surface area contributed by atoms with Crippen LogP contribution in [0.3, 0.4) is 0 Å². The lowest BCUT2D eigenvalue weighted by Gasteiger charge is -2.32. The molecular weight excluding hydrogens is 647 g/mol. The Kier molecular flexibility index (Phi) is 6.86. The van der Waals surface area contributed by atoms with E-state index >= 15 is 0 Å². The van der Waals surface area contributed by atoms with E-state index in [1.807, 2.05) is 6.20 Å². The molecule has 3 aliphatic rings. The topological polar surface area (TPSA) is 121 Å². The molecule has 7 heterocycles. The number of rotatable bonds is 8. The Labute approximate surface area is 299 Å². The average molecular weight is 684 g/mol. The van der Waals surface area contributed by atoms with Gasteiger partial charge in [0.25, 0.3) is 0 Å². The van der Waals surface area contributed by atoms with Crippen molar-refractivity contribution >= 4 is 43.9 Å². The molecule has 11 rings (SSSR count). The molecule has 0 amide bonds. The van der Waals surface area contributed by atoms with Crippen LogP contribution in [0.4, 0.5) is 0 Å². The number of fused-ring (bicyclic) bond motifs is 4. The highest BCUT2D eigenvalue weighted by Crippen LogP contribution is 2.48. The van der Waals surface area contributed by atoms with E-state index in [1.165, 1.54) is 30.7 Å². The zero-order valence-electron chi connectivity index (χ0n) is 28.7. The highest BCUT2D eigenvalue weighted by Gasteiger charge is 2.41. The summed E-state index contributed by atoms with van der Waals surface area (Å²) in [5, 5.41) is 4.26. The molecule has 0 radical (unpaired) electrons. The molecule has 1 aliphatic heterocycles. The second-order valence-corrected chi connectivity index (χ2v) is 14.9. The minimum atomic E-state index is 0.132. The molecule has 2 aliphatic carbocycles. The Morgan fingerprint density at radius 1 is 0.692 bits per heavy atom. The van der Waals surface area contributed by atoms with Crippen LogP contribution in [0.5, 0.6) is 5.88 Å². The fourth-order valence-corrected chi connectivity index (χ4v) is 8.29. The minimum absolute atomic E-state index is 0.132. The van der Waals surface area contributed by atoms with Gasteiger partial charge in [-0.3, -0.25) is 0 Å². The smallest absolute Gasteiger partial charge is 0.224 e. The van der Waals surface area contributed by atoms with E-state index < -0.39 is 0 Å². The monoisotopic (exact) mass is 683 g/mol. The summed E-state index contributed by atoms with van der Waals surface area (Å²) in [6, 6.07) is 21.5. The van der Waals surface area contributed by atoms with E-state index in [1.54, 1.807) is 12.7 Å². The normalized spacial score (nSPS) is 19.6. The summed E-state index contributed by atoms with van der Waals surface area (Å²) < 4.78 is 6.62. The lowest BCUT2D eigenvalue weighted by atomic mass is 10.0. The maximum Gasteiger partial charge on any atom is 0.224 e. The van der Waals surface area contributed by atoms with Gasteiger partial charge >= 0.3 is 0 Å².